The normalized spacial score (nSPS) is 23.7. The lowest BCUT2D eigenvalue weighted by Crippen LogP contribution is -2.13. The van der Waals surface area contributed by atoms with E-state index in [1.807, 2.05) is 12.1 Å². The van der Waals surface area contributed by atoms with Gasteiger partial charge >= 0.3 is 0 Å². The predicted octanol–water partition coefficient (Wildman–Crippen LogP) is 2.96. The number of alkyl halides is 1. The third-order valence-corrected chi connectivity index (χ3v) is 3.06. The minimum Gasteiger partial charge on any atom is -0.316 e. The molecule has 1 nitrogen and oxygen atoms in total. The zero-order chi connectivity index (χ0) is 9.97. The second-order valence-corrected chi connectivity index (χ2v) is 4.08. The maximum absolute atomic E-state index is 14.0. The zero-order valence-electron chi connectivity index (χ0n) is 7.84. The molecule has 76 valence electrons. The van der Waals surface area contributed by atoms with Crippen molar-refractivity contribution in [3.8, 4) is 0 Å². The van der Waals surface area contributed by atoms with Crippen molar-refractivity contribution in [1.29, 1.82) is 0 Å². The van der Waals surface area contributed by atoms with E-state index in [1.54, 1.807) is 12.1 Å². The number of halogens is 2. The fraction of sp³-hybridized carbons (Fsp3) is 0.455. The fourth-order valence-corrected chi connectivity index (χ4v) is 2.12. The molecule has 2 atom stereocenters. The highest BCUT2D eigenvalue weighted by atomic mass is 35.5. The van der Waals surface area contributed by atoms with Crippen LogP contribution in [0.2, 0.25) is 5.02 Å². The lowest BCUT2D eigenvalue weighted by atomic mass is 9.96. The van der Waals surface area contributed by atoms with Gasteiger partial charge in [0.1, 0.15) is 6.17 Å². The third-order valence-electron chi connectivity index (χ3n) is 2.71. The Morgan fingerprint density at radius 1 is 1.43 bits per heavy atom. The van der Waals surface area contributed by atoms with E-state index in [9.17, 15) is 4.39 Å². The Labute approximate surface area is 88.3 Å². The SMILES string of the molecule is FC(c1ccccc1Cl)C1CCNC1. The summed E-state index contributed by atoms with van der Waals surface area (Å²) in [7, 11) is 0. The van der Waals surface area contributed by atoms with Gasteiger partial charge in [-0.2, -0.15) is 0 Å². The summed E-state index contributed by atoms with van der Waals surface area (Å²) >= 11 is 5.94. The molecule has 0 aromatic heterocycles. The van der Waals surface area contributed by atoms with Gasteiger partial charge in [-0.25, -0.2) is 4.39 Å². The van der Waals surface area contributed by atoms with Crippen molar-refractivity contribution < 1.29 is 4.39 Å². The minimum absolute atomic E-state index is 0.0786. The Bertz CT molecular complexity index is 310. The van der Waals surface area contributed by atoms with Crippen LogP contribution in [0.15, 0.2) is 24.3 Å². The maximum atomic E-state index is 14.0. The predicted molar refractivity (Wildman–Crippen MR) is 56.3 cm³/mol. The second kappa shape index (κ2) is 4.28. The van der Waals surface area contributed by atoms with E-state index in [2.05, 4.69) is 5.32 Å². The van der Waals surface area contributed by atoms with Gasteiger partial charge in [-0.1, -0.05) is 29.8 Å². The Morgan fingerprint density at radius 2 is 2.21 bits per heavy atom. The van der Waals surface area contributed by atoms with Crippen LogP contribution in [0, 0.1) is 5.92 Å². The molecule has 0 radical (unpaired) electrons. The molecule has 0 spiro atoms. The van der Waals surface area contributed by atoms with Gasteiger partial charge in [-0.3, -0.25) is 0 Å². The first-order valence-corrected chi connectivity index (χ1v) is 5.26. The van der Waals surface area contributed by atoms with Gasteiger partial charge in [-0.05, 0) is 19.0 Å². The molecule has 0 aliphatic carbocycles. The molecule has 0 saturated carbocycles. The summed E-state index contributed by atoms with van der Waals surface area (Å²) in [6.07, 6.45) is -0.0365. The van der Waals surface area contributed by atoms with Crippen LogP contribution in [-0.2, 0) is 0 Å². The molecular formula is C11H13ClFN. The lowest BCUT2D eigenvalue weighted by Gasteiger charge is -2.15. The van der Waals surface area contributed by atoms with E-state index in [0.717, 1.165) is 19.5 Å². The van der Waals surface area contributed by atoms with Gasteiger partial charge in [0.2, 0.25) is 0 Å². The summed E-state index contributed by atoms with van der Waals surface area (Å²) in [5.74, 6) is 0.0786. The average Bonchev–Trinajstić information content (AvgIpc) is 2.70. The third kappa shape index (κ3) is 1.91. The molecule has 0 amide bonds. The topological polar surface area (TPSA) is 12.0 Å². The molecule has 1 fully saturated rings. The Hall–Kier alpha value is -0.600. The molecule has 1 aromatic carbocycles. The van der Waals surface area contributed by atoms with Crippen LogP contribution in [0.25, 0.3) is 0 Å². The highest BCUT2D eigenvalue weighted by Gasteiger charge is 2.26. The summed E-state index contributed by atoms with van der Waals surface area (Å²) in [6, 6.07) is 7.17. The van der Waals surface area contributed by atoms with Crippen LogP contribution in [0.4, 0.5) is 4.39 Å². The molecule has 1 aliphatic rings. The van der Waals surface area contributed by atoms with Crippen molar-refractivity contribution in [3.05, 3.63) is 34.9 Å². The van der Waals surface area contributed by atoms with Crippen LogP contribution in [0.5, 0.6) is 0 Å². The smallest absolute Gasteiger partial charge is 0.131 e. The molecular weight excluding hydrogens is 201 g/mol. The van der Waals surface area contributed by atoms with Crippen molar-refractivity contribution in [2.24, 2.45) is 5.92 Å². The summed E-state index contributed by atoms with van der Waals surface area (Å²) in [4.78, 5) is 0. The quantitative estimate of drug-likeness (QED) is 0.797. The summed E-state index contributed by atoms with van der Waals surface area (Å²) < 4.78 is 14.0. The van der Waals surface area contributed by atoms with Gasteiger partial charge in [0.15, 0.2) is 0 Å². The van der Waals surface area contributed by atoms with Crippen molar-refractivity contribution in [2.45, 2.75) is 12.6 Å². The molecule has 2 unspecified atom stereocenters. The first kappa shape index (κ1) is 9.94. The fourth-order valence-electron chi connectivity index (χ4n) is 1.88. The Balaban J connectivity index is 2.17. The molecule has 1 N–H and O–H groups in total. The monoisotopic (exact) mass is 213 g/mol. The summed E-state index contributed by atoms with van der Waals surface area (Å²) in [6.45, 7) is 1.67. The van der Waals surface area contributed by atoms with Gasteiger partial charge < -0.3 is 5.32 Å². The van der Waals surface area contributed by atoms with Crippen molar-refractivity contribution >= 4 is 11.6 Å². The zero-order valence-corrected chi connectivity index (χ0v) is 8.60. The number of rotatable bonds is 2. The highest BCUT2D eigenvalue weighted by molar-refractivity contribution is 6.31. The summed E-state index contributed by atoms with van der Waals surface area (Å²) in [5.41, 5.74) is 0.628. The van der Waals surface area contributed by atoms with E-state index >= 15 is 0 Å². The van der Waals surface area contributed by atoms with E-state index < -0.39 is 6.17 Å². The lowest BCUT2D eigenvalue weighted by molar-refractivity contribution is 0.246. The van der Waals surface area contributed by atoms with Gasteiger partial charge in [0.05, 0.1) is 0 Å². The van der Waals surface area contributed by atoms with E-state index in [-0.39, 0.29) is 5.92 Å². The van der Waals surface area contributed by atoms with Gasteiger partial charge in [-0.15, -0.1) is 0 Å². The number of hydrogen-bond donors (Lipinski definition) is 1. The Kier molecular flexibility index (Phi) is 3.04. The van der Waals surface area contributed by atoms with E-state index in [0.29, 0.717) is 10.6 Å². The van der Waals surface area contributed by atoms with Crippen molar-refractivity contribution in [3.63, 3.8) is 0 Å². The van der Waals surface area contributed by atoms with Gasteiger partial charge in [0, 0.05) is 23.0 Å². The first-order valence-electron chi connectivity index (χ1n) is 4.88. The largest absolute Gasteiger partial charge is 0.316 e. The van der Waals surface area contributed by atoms with E-state index in [4.69, 9.17) is 11.6 Å². The van der Waals surface area contributed by atoms with Crippen molar-refractivity contribution in [2.75, 3.05) is 13.1 Å². The van der Waals surface area contributed by atoms with Crippen LogP contribution >= 0.6 is 11.6 Å². The minimum atomic E-state index is -0.932. The number of nitrogens with one attached hydrogen (secondary N) is 1. The number of hydrogen-bond acceptors (Lipinski definition) is 1. The molecule has 1 heterocycles. The number of benzene rings is 1. The van der Waals surface area contributed by atoms with Gasteiger partial charge in [0.25, 0.3) is 0 Å². The molecule has 14 heavy (non-hydrogen) atoms. The molecule has 1 aliphatic heterocycles. The molecule has 1 saturated heterocycles. The standard InChI is InChI=1S/C11H13ClFN/c12-10-4-2-1-3-9(10)11(13)8-5-6-14-7-8/h1-4,8,11,14H,5-7H2. The van der Waals surface area contributed by atoms with Crippen LogP contribution < -0.4 is 5.32 Å². The highest BCUT2D eigenvalue weighted by Crippen LogP contribution is 2.34. The molecule has 3 heteroatoms. The first-order chi connectivity index (χ1) is 6.79. The maximum Gasteiger partial charge on any atom is 0.131 e. The Morgan fingerprint density at radius 3 is 2.86 bits per heavy atom. The van der Waals surface area contributed by atoms with E-state index in [1.165, 1.54) is 0 Å². The molecule has 0 bridgehead atoms. The van der Waals surface area contributed by atoms with Crippen LogP contribution in [-0.4, -0.2) is 13.1 Å². The molecule has 1 aromatic rings. The average molecular weight is 214 g/mol. The van der Waals surface area contributed by atoms with Crippen molar-refractivity contribution in [1.82, 2.24) is 5.32 Å². The summed E-state index contributed by atoms with van der Waals surface area (Å²) in [5, 5.41) is 3.69. The van der Waals surface area contributed by atoms with Crippen LogP contribution in [0.1, 0.15) is 18.2 Å². The second-order valence-electron chi connectivity index (χ2n) is 3.68. The molecule has 2 rings (SSSR count). The van der Waals surface area contributed by atoms with Crippen LogP contribution in [0.3, 0.4) is 0 Å².